The van der Waals surface area contributed by atoms with Gasteiger partial charge in [0.1, 0.15) is 16.5 Å². The molecule has 1 N–H and O–H groups in total. The fourth-order valence-corrected chi connectivity index (χ4v) is 3.33. The Bertz CT molecular complexity index is 666. The third-order valence-electron chi connectivity index (χ3n) is 4.31. The van der Waals surface area contributed by atoms with E-state index in [0.717, 1.165) is 30.6 Å². The van der Waals surface area contributed by atoms with Crippen LogP contribution in [0.15, 0.2) is 35.0 Å². The van der Waals surface area contributed by atoms with Gasteiger partial charge in [-0.2, -0.15) is 0 Å². The van der Waals surface area contributed by atoms with E-state index in [0.29, 0.717) is 11.4 Å². The van der Waals surface area contributed by atoms with Crippen LogP contribution in [0.5, 0.6) is 5.75 Å². The minimum absolute atomic E-state index is 0.0496. The van der Waals surface area contributed by atoms with Crippen LogP contribution >= 0.6 is 11.6 Å². The van der Waals surface area contributed by atoms with Gasteiger partial charge in [-0.15, -0.1) is 0 Å². The number of carbonyl (C=O) groups is 2. The summed E-state index contributed by atoms with van der Waals surface area (Å²) in [7, 11) is 1.50. The molecule has 0 aromatic heterocycles. The van der Waals surface area contributed by atoms with E-state index >= 15 is 0 Å². The molecule has 0 saturated heterocycles. The topological polar surface area (TPSA) is 58.6 Å². The van der Waals surface area contributed by atoms with E-state index in [4.69, 9.17) is 16.3 Å². The molecule has 1 heterocycles. The van der Waals surface area contributed by atoms with E-state index in [2.05, 4.69) is 5.32 Å². The van der Waals surface area contributed by atoms with Crippen molar-refractivity contribution in [2.75, 3.05) is 12.0 Å². The third-order valence-corrected chi connectivity index (χ3v) is 4.66. The summed E-state index contributed by atoms with van der Waals surface area (Å²) >= 11 is 6.15. The molecule has 1 aliphatic heterocycles. The summed E-state index contributed by atoms with van der Waals surface area (Å²) in [4.78, 5) is 26.2. The van der Waals surface area contributed by atoms with Crippen LogP contribution in [0, 0.1) is 0 Å². The van der Waals surface area contributed by atoms with Crippen LogP contribution in [0.2, 0.25) is 0 Å². The molecule has 6 heteroatoms. The fourth-order valence-electron chi connectivity index (χ4n) is 3.11. The summed E-state index contributed by atoms with van der Waals surface area (Å²) in [6.45, 7) is 0. The summed E-state index contributed by atoms with van der Waals surface area (Å²) in [6.07, 6.45) is 5.45. The molecule has 3 rings (SSSR count). The number of para-hydroxylation sites is 2. The van der Waals surface area contributed by atoms with E-state index < -0.39 is 11.8 Å². The van der Waals surface area contributed by atoms with Crippen molar-refractivity contribution in [1.82, 2.24) is 5.32 Å². The van der Waals surface area contributed by atoms with Crippen molar-refractivity contribution in [3.8, 4) is 5.75 Å². The van der Waals surface area contributed by atoms with E-state index in [9.17, 15) is 9.59 Å². The molecular formula is C17H19ClN2O3. The zero-order valence-corrected chi connectivity index (χ0v) is 13.7. The highest BCUT2D eigenvalue weighted by atomic mass is 35.5. The van der Waals surface area contributed by atoms with Gasteiger partial charge in [-0.3, -0.25) is 9.59 Å². The van der Waals surface area contributed by atoms with Crippen LogP contribution in [0.1, 0.15) is 32.1 Å². The lowest BCUT2D eigenvalue weighted by Crippen LogP contribution is -2.37. The zero-order chi connectivity index (χ0) is 16.4. The first-order valence-corrected chi connectivity index (χ1v) is 8.19. The molecule has 0 atom stereocenters. The number of nitrogens with zero attached hydrogens (tertiary/aromatic N) is 1. The molecule has 2 amide bonds. The molecule has 1 fully saturated rings. The van der Waals surface area contributed by atoms with Crippen molar-refractivity contribution in [1.29, 1.82) is 0 Å². The van der Waals surface area contributed by atoms with Crippen molar-refractivity contribution in [2.45, 2.75) is 38.1 Å². The largest absolute Gasteiger partial charge is 0.495 e. The van der Waals surface area contributed by atoms with Gasteiger partial charge in [-0.1, -0.05) is 43.0 Å². The van der Waals surface area contributed by atoms with Crippen molar-refractivity contribution in [3.63, 3.8) is 0 Å². The van der Waals surface area contributed by atoms with Crippen LogP contribution in [0.3, 0.4) is 0 Å². The summed E-state index contributed by atoms with van der Waals surface area (Å²) < 4.78 is 5.25. The number of hydrogen-bond acceptors (Lipinski definition) is 4. The van der Waals surface area contributed by atoms with Gasteiger partial charge in [0.2, 0.25) is 0 Å². The van der Waals surface area contributed by atoms with E-state index in [-0.39, 0.29) is 16.8 Å². The summed E-state index contributed by atoms with van der Waals surface area (Å²) in [5.74, 6) is -0.480. The molecule has 23 heavy (non-hydrogen) atoms. The molecule has 1 aromatic carbocycles. The van der Waals surface area contributed by atoms with Crippen molar-refractivity contribution >= 4 is 29.1 Å². The molecule has 1 aromatic rings. The van der Waals surface area contributed by atoms with Crippen LogP contribution in [0.4, 0.5) is 5.69 Å². The Balaban J connectivity index is 1.86. The third kappa shape index (κ3) is 2.93. The van der Waals surface area contributed by atoms with E-state index in [1.807, 2.05) is 0 Å². The Labute approximate surface area is 140 Å². The average molecular weight is 335 g/mol. The lowest BCUT2D eigenvalue weighted by Gasteiger charge is -2.24. The predicted octanol–water partition coefficient (Wildman–Crippen LogP) is 2.94. The molecule has 1 aliphatic carbocycles. The van der Waals surface area contributed by atoms with Crippen LogP contribution in [-0.4, -0.2) is 25.0 Å². The number of methoxy groups -OCH3 is 1. The van der Waals surface area contributed by atoms with Gasteiger partial charge >= 0.3 is 0 Å². The zero-order valence-electron chi connectivity index (χ0n) is 13.0. The Morgan fingerprint density at radius 2 is 1.83 bits per heavy atom. The highest BCUT2D eigenvalue weighted by Crippen LogP contribution is 2.34. The predicted molar refractivity (Wildman–Crippen MR) is 88.4 cm³/mol. The maximum Gasteiger partial charge on any atom is 0.283 e. The second kappa shape index (κ2) is 6.62. The maximum absolute atomic E-state index is 12.7. The van der Waals surface area contributed by atoms with Crippen LogP contribution in [-0.2, 0) is 9.59 Å². The number of carbonyl (C=O) groups excluding carboxylic acids is 2. The Hall–Kier alpha value is -2.01. The first kappa shape index (κ1) is 15.9. The normalized spacial score (nSPS) is 19.5. The first-order chi connectivity index (χ1) is 11.1. The summed E-state index contributed by atoms with van der Waals surface area (Å²) in [5, 5.41) is 3.13. The molecule has 5 nitrogen and oxygen atoms in total. The van der Waals surface area contributed by atoms with Crippen LogP contribution < -0.4 is 15.0 Å². The highest BCUT2D eigenvalue weighted by Gasteiger charge is 2.40. The summed E-state index contributed by atoms with van der Waals surface area (Å²) in [6, 6.07) is 7.10. The molecular weight excluding hydrogens is 316 g/mol. The summed E-state index contributed by atoms with van der Waals surface area (Å²) in [5.41, 5.74) is 0.609. The number of rotatable bonds is 4. The highest BCUT2D eigenvalue weighted by molar-refractivity contribution is 6.52. The molecule has 1 saturated carbocycles. The maximum atomic E-state index is 12.7. The number of halogens is 1. The lowest BCUT2D eigenvalue weighted by molar-refractivity contribution is -0.120. The molecule has 122 valence electrons. The van der Waals surface area contributed by atoms with Crippen molar-refractivity contribution < 1.29 is 14.3 Å². The van der Waals surface area contributed by atoms with E-state index in [1.165, 1.54) is 13.5 Å². The van der Waals surface area contributed by atoms with Gasteiger partial charge in [-0.25, -0.2) is 4.90 Å². The Kier molecular flexibility index (Phi) is 4.57. The average Bonchev–Trinajstić information content (AvgIpc) is 2.79. The van der Waals surface area contributed by atoms with Crippen molar-refractivity contribution in [3.05, 3.63) is 35.0 Å². The second-order valence-corrected chi connectivity index (χ2v) is 6.16. The monoisotopic (exact) mass is 334 g/mol. The van der Waals surface area contributed by atoms with Gasteiger partial charge in [-0.05, 0) is 25.0 Å². The number of imide groups is 1. The molecule has 0 spiro atoms. The number of hydrogen-bond donors (Lipinski definition) is 1. The number of amides is 2. The minimum atomic E-state index is -0.514. The number of nitrogens with one attached hydrogen (secondary N) is 1. The second-order valence-electron chi connectivity index (χ2n) is 5.79. The van der Waals surface area contributed by atoms with Gasteiger partial charge in [0.05, 0.1) is 12.8 Å². The lowest BCUT2D eigenvalue weighted by atomic mass is 9.95. The molecule has 0 radical (unpaired) electrons. The quantitative estimate of drug-likeness (QED) is 0.860. The first-order valence-electron chi connectivity index (χ1n) is 7.81. The fraction of sp³-hybridized carbons (Fsp3) is 0.412. The molecule has 2 aliphatic rings. The smallest absolute Gasteiger partial charge is 0.283 e. The van der Waals surface area contributed by atoms with Crippen LogP contribution in [0.25, 0.3) is 0 Å². The van der Waals surface area contributed by atoms with Gasteiger partial charge < -0.3 is 10.1 Å². The standard InChI is InChI=1S/C17H19ClN2O3/c1-23-13-10-6-5-9-12(13)20-16(21)14(18)15(17(20)22)19-11-7-3-2-4-8-11/h5-6,9-11,19H,2-4,7-8H2,1H3. The molecule has 0 bridgehead atoms. The number of benzene rings is 1. The Morgan fingerprint density at radius 1 is 1.13 bits per heavy atom. The Morgan fingerprint density at radius 3 is 2.52 bits per heavy atom. The van der Waals surface area contributed by atoms with Gasteiger partial charge in [0, 0.05) is 6.04 Å². The molecule has 0 unspecified atom stereocenters. The number of ether oxygens (including phenoxy) is 1. The van der Waals surface area contributed by atoms with E-state index in [1.54, 1.807) is 24.3 Å². The van der Waals surface area contributed by atoms with Crippen molar-refractivity contribution in [2.24, 2.45) is 0 Å². The number of anilines is 1. The minimum Gasteiger partial charge on any atom is -0.495 e. The SMILES string of the molecule is COc1ccccc1N1C(=O)C(Cl)=C(NC2CCCCC2)C1=O. The van der Waals surface area contributed by atoms with Gasteiger partial charge in [0.25, 0.3) is 11.8 Å². The van der Waals surface area contributed by atoms with Gasteiger partial charge in [0.15, 0.2) is 0 Å².